The van der Waals surface area contributed by atoms with Gasteiger partial charge in [0.05, 0.1) is 34.3 Å². The van der Waals surface area contributed by atoms with Crippen molar-refractivity contribution in [3.05, 3.63) is 174 Å². The molecule has 8 heteroatoms. The molecule has 0 fully saturated rings. The number of aryl methyl sites for hydroxylation is 2. The largest absolute Gasteiger partial charge is 0.486 e. The summed E-state index contributed by atoms with van der Waals surface area (Å²) < 4.78 is 10.3. The molecule has 0 saturated carbocycles. The van der Waals surface area contributed by atoms with Crippen LogP contribution in [-0.4, -0.2) is 37.8 Å². The molecule has 0 amide bonds. The van der Waals surface area contributed by atoms with Gasteiger partial charge in [0.2, 0.25) is 5.71 Å². The Morgan fingerprint density at radius 3 is 2.17 bits per heavy atom. The van der Waals surface area contributed by atoms with Gasteiger partial charge in [-0.05, 0) is 54.7 Å². The summed E-state index contributed by atoms with van der Waals surface area (Å²) in [6.45, 7) is 13.8. The quantitative estimate of drug-likeness (QED) is 0.106. The maximum absolute atomic E-state index is 6.53. The van der Waals surface area contributed by atoms with Gasteiger partial charge in [0.15, 0.2) is 0 Å². The summed E-state index contributed by atoms with van der Waals surface area (Å²) in [5.74, 6) is 9.12. The topological polar surface area (TPSA) is 69.6 Å². The standard InChI is InChI=1S/C35H29N4O.C22H26GeN.Ir/c1-21(2)29-18-30-31(19-36-29)39(20-24-12-6-5-7-13-24)34(37-30)27-15-9-14-25-26-16-17-28(38-35(26)40-33(25)27)32-22(3)10-8-11-23(32)4;1-16(2)12-20-14-22(24-15-21(20)23(3,4)5)19-11-10-17-8-6-7-9-18(17)13-19;/h5-14,16-19,21H,20H2,1-4H3;6-10,13-16H,12H2,1-5H3;/q2*-1;. The van der Waals surface area contributed by atoms with Gasteiger partial charge in [0, 0.05) is 43.3 Å². The molecule has 65 heavy (non-hydrogen) atoms. The summed E-state index contributed by atoms with van der Waals surface area (Å²) in [5.41, 5.74) is 14.4. The average molecular weight is 1090 g/mol. The second-order valence-electron chi connectivity index (χ2n) is 18.8. The minimum atomic E-state index is -1.91. The molecule has 0 unspecified atom stereocenters. The Bertz CT molecular complexity index is 3290. The Labute approximate surface area is 399 Å². The second-order valence-corrected chi connectivity index (χ2v) is 29.4. The molecule has 0 aliphatic carbocycles. The average Bonchev–Trinajstić information content (AvgIpc) is 3.83. The minimum absolute atomic E-state index is 0. The Morgan fingerprint density at radius 1 is 0.708 bits per heavy atom. The van der Waals surface area contributed by atoms with Crippen molar-refractivity contribution < 1.29 is 24.5 Å². The zero-order valence-corrected chi connectivity index (χ0v) is 43.2. The van der Waals surface area contributed by atoms with Gasteiger partial charge in [-0.2, -0.15) is 0 Å². The fourth-order valence-electron chi connectivity index (χ4n) is 8.82. The number of hydrogen-bond acceptors (Lipinski definition) is 5. The summed E-state index contributed by atoms with van der Waals surface area (Å²) >= 11 is -1.91. The van der Waals surface area contributed by atoms with Crippen molar-refractivity contribution in [2.75, 3.05) is 0 Å². The summed E-state index contributed by atoms with van der Waals surface area (Å²) in [5, 5.41) is 4.46. The van der Waals surface area contributed by atoms with Crippen LogP contribution >= 0.6 is 0 Å². The van der Waals surface area contributed by atoms with Crippen LogP contribution < -0.4 is 4.40 Å². The van der Waals surface area contributed by atoms with E-state index >= 15 is 0 Å². The maximum Gasteiger partial charge on any atom is 0.216 e. The van der Waals surface area contributed by atoms with Crippen molar-refractivity contribution in [3.8, 4) is 33.9 Å². The van der Waals surface area contributed by atoms with Gasteiger partial charge < -0.3 is 8.98 Å². The van der Waals surface area contributed by atoms with Crippen molar-refractivity contribution in [1.29, 1.82) is 0 Å². The van der Waals surface area contributed by atoms with E-state index in [-0.39, 0.29) is 20.1 Å². The maximum atomic E-state index is 6.53. The van der Waals surface area contributed by atoms with E-state index in [1.54, 1.807) is 0 Å². The van der Waals surface area contributed by atoms with E-state index in [1.165, 1.54) is 37.4 Å². The second kappa shape index (κ2) is 19.0. The van der Waals surface area contributed by atoms with Crippen LogP contribution in [0.25, 0.3) is 77.8 Å². The fourth-order valence-corrected chi connectivity index (χ4v) is 12.2. The zero-order valence-electron chi connectivity index (χ0n) is 38.7. The van der Waals surface area contributed by atoms with Crippen LogP contribution in [0.2, 0.25) is 17.3 Å². The number of rotatable bonds is 9. The van der Waals surface area contributed by atoms with E-state index < -0.39 is 13.3 Å². The number of furan rings is 1. The van der Waals surface area contributed by atoms with E-state index in [2.05, 4.69) is 185 Å². The van der Waals surface area contributed by atoms with E-state index in [0.717, 1.165) is 73.4 Å². The van der Waals surface area contributed by atoms with Crippen LogP contribution in [0.15, 0.2) is 138 Å². The molecular weight excluding hydrogens is 1040 g/mol. The molecule has 0 spiro atoms. The van der Waals surface area contributed by atoms with E-state index in [0.29, 0.717) is 24.1 Å². The normalized spacial score (nSPS) is 11.7. The number of fused-ring (bicyclic) bond motifs is 5. The third-order valence-electron chi connectivity index (χ3n) is 12.1. The van der Waals surface area contributed by atoms with Crippen molar-refractivity contribution in [2.45, 2.75) is 77.7 Å². The first-order valence-corrected chi connectivity index (χ1v) is 29.8. The van der Waals surface area contributed by atoms with Gasteiger partial charge in [-0.3, -0.25) is 9.97 Å². The third kappa shape index (κ3) is 9.51. The first-order valence-electron chi connectivity index (χ1n) is 22.4. The Hall–Kier alpha value is -5.73. The molecule has 0 atom stereocenters. The molecule has 6 nitrogen and oxygen atoms in total. The number of aromatic nitrogens is 5. The number of nitrogens with zero attached hydrogens (tertiary/aromatic N) is 5. The van der Waals surface area contributed by atoms with Crippen LogP contribution in [0.4, 0.5) is 0 Å². The van der Waals surface area contributed by atoms with E-state index in [4.69, 9.17) is 24.4 Å². The smallest absolute Gasteiger partial charge is 0.216 e. The fraction of sp³-hybridized carbons (Fsp3) is 0.228. The molecule has 329 valence electrons. The summed E-state index contributed by atoms with van der Waals surface area (Å²) in [6, 6.07) is 49.0. The molecule has 0 bridgehead atoms. The SMILES string of the molecule is CC(C)Cc1cc(-c2[c-]cc3ccccc3c2)nc[c]1[Ge]([CH3])([CH3])[CH3].Cc1cccc(C)c1-c1ccc2c(n1)oc1c(-c3nc4cc(C(C)C)ncc4n3Cc3ccccc3)[c-]ccc12.[Ir]. The molecular formula is C57H55GeIrN5O-2. The Balaban J connectivity index is 0.000000198. The number of imidazole rings is 1. The van der Waals surface area contributed by atoms with Crippen LogP contribution in [0, 0.1) is 31.9 Å². The van der Waals surface area contributed by atoms with Crippen molar-refractivity contribution in [2.24, 2.45) is 5.92 Å². The molecule has 10 aromatic rings. The van der Waals surface area contributed by atoms with Gasteiger partial charge in [-0.1, -0.05) is 73.3 Å². The van der Waals surface area contributed by atoms with E-state index in [1.807, 2.05) is 24.4 Å². The molecule has 5 heterocycles. The van der Waals surface area contributed by atoms with Crippen LogP contribution in [-0.2, 0) is 33.1 Å². The summed E-state index contributed by atoms with van der Waals surface area (Å²) in [6.07, 6.45) is 5.22. The molecule has 0 N–H and O–H groups in total. The first kappa shape index (κ1) is 45.8. The van der Waals surface area contributed by atoms with Gasteiger partial charge in [0.1, 0.15) is 0 Å². The number of benzene rings is 5. The van der Waals surface area contributed by atoms with Gasteiger partial charge in [0.25, 0.3) is 0 Å². The monoisotopic (exact) mass is 1090 g/mol. The molecule has 5 aromatic heterocycles. The third-order valence-corrected chi connectivity index (χ3v) is 16.4. The molecule has 10 rings (SSSR count). The zero-order chi connectivity index (χ0) is 44.7. The molecule has 0 saturated heterocycles. The van der Waals surface area contributed by atoms with Gasteiger partial charge in [-0.25, -0.2) is 4.98 Å². The predicted molar refractivity (Wildman–Crippen MR) is 269 cm³/mol. The van der Waals surface area contributed by atoms with Crippen molar-refractivity contribution in [3.63, 3.8) is 0 Å². The van der Waals surface area contributed by atoms with Gasteiger partial charge >= 0.3 is 148 Å². The summed E-state index contributed by atoms with van der Waals surface area (Å²) in [7, 11) is 0. The van der Waals surface area contributed by atoms with Gasteiger partial charge in [-0.15, -0.1) is 18.2 Å². The molecule has 1 radical (unpaired) electrons. The van der Waals surface area contributed by atoms with Crippen LogP contribution in [0.3, 0.4) is 0 Å². The number of pyridine rings is 3. The van der Waals surface area contributed by atoms with Crippen molar-refractivity contribution >= 4 is 61.5 Å². The molecule has 5 aromatic carbocycles. The number of hydrogen-bond donors (Lipinski definition) is 0. The minimum Gasteiger partial charge on any atom is -0.486 e. The molecule has 0 aliphatic rings. The van der Waals surface area contributed by atoms with E-state index in [9.17, 15) is 0 Å². The van der Waals surface area contributed by atoms with Crippen LogP contribution in [0.1, 0.15) is 61.6 Å². The van der Waals surface area contributed by atoms with Crippen molar-refractivity contribution in [1.82, 2.24) is 24.5 Å². The summed E-state index contributed by atoms with van der Waals surface area (Å²) in [4.78, 5) is 19.7. The Morgan fingerprint density at radius 2 is 1.45 bits per heavy atom. The first-order chi connectivity index (χ1) is 30.8. The van der Waals surface area contributed by atoms with Crippen LogP contribution in [0.5, 0.6) is 0 Å². The molecule has 0 aliphatic heterocycles. The Kier molecular flexibility index (Phi) is 13.4. The predicted octanol–water partition coefficient (Wildman–Crippen LogP) is 14.1.